The van der Waals surface area contributed by atoms with Crippen LogP contribution in [-0.4, -0.2) is 30.3 Å². The number of hydrogen-bond acceptors (Lipinski definition) is 4. The first-order chi connectivity index (χ1) is 12.5. The number of nitrogens with one attached hydrogen (secondary N) is 1. The Morgan fingerprint density at radius 2 is 1.81 bits per heavy atom. The summed E-state index contributed by atoms with van der Waals surface area (Å²) in [5, 5.41) is 3.43. The van der Waals surface area contributed by atoms with Crippen LogP contribution >= 0.6 is 0 Å². The maximum absolute atomic E-state index is 13.1. The van der Waals surface area contributed by atoms with Crippen molar-refractivity contribution in [2.24, 2.45) is 0 Å². The second-order valence-corrected chi connectivity index (χ2v) is 9.23. The van der Waals surface area contributed by atoms with E-state index in [-0.39, 0.29) is 6.04 Å². The topological polar surface area (TPSA) is 62.3 Å². The lowest BCUT2D eigenvalue weighted by Gasteiger charge is -2.27. The fraction of sp³-hybridized carbons (Fsp3) is 0.450. The van der Waals surface area contributed by atoms with Crippen LogP contribution in [0, 0.1) is 6.92 Å². The molecule has 1 aromatic heterocycles. The molecule has 0 bridgehead atoms. The van der Waals surface area contributed by atoms with E-state index in [2.05, 4.69) is 10.3 Å². The Morgan fingerprint density at radius 1 is 1.04 bits per heavy atom. The highest BCUT2D eigenvalue weighted by Crippen LogP contribution is 2.36. The van der Waals surface area contributed by atoms with Crippen molar-refractivity contribution >= 4 is 15.8 Å². The van der Waals surface area contributed by atoms with Gasteiger partial charge in [0.2, 0.25) is 10.0 Å². The van der Waals surface area contributed by atoms with E-state index in [1.165, 1.54) is 19.3 Å². The number of aromatic nitrogens is 1. The van der Waals surface area contributed by atoms with Crippen molar-refractivity contribution in [3.8, 4) is 0 Å². The Morgan fingerprint density at radius 3 is 2.42 bits per heavy atom. The molecule has 2 aliphatic rings. The van der Waals surface area contributed by atoms with Gasteiger partial charge in [-0.1, -0.05) is 23.8 Å². The van der Waals surface area contributed by atoms with E-state index in [0.29, 0.717) is 17.5 Å². The lowest BCUT2D eigenvalue weighted by molar-refractivity contribution is 0.396. The first kappa shape index (κ1) is 17.5. The molecule has 1 saturated heterocycles. The molecule has 2 aromatic rings. The van der Waals surface area contributed by atoms with Crippen LogP contribution < -0.4 is 5.32 Å². The summed E-state index contributed by atoms with van der Waals surface area (Å²) in [5.74, 6) is 0.879. The van der Waals surface area contributed by atoms with E-state index in [1.54, 1.807) is 16.4 Å². The quantitative estimate of drug-likeness (QED) is 0.866. The predicted octanol–water partition coefficient (Wildman–Crippen LogP) is 3.88. The number of benzene rings is 1. The zero-order chi connectivity index (χ0) is 18.1. The van der Waals surface area contributed by atoms with Crippen LogP contribution in [0.15, 0.2) is 47.5 Å². The number of nitrogens with zero attached hydrogens (tertiary/aromatic N) is 2. The van der Waals surface area contributed by atoms with Crippen molar-refractivity contribution in [3.63, 3.8) is 0 Å². The van der Waals surface area contributed by atoms with Crippen molar-refractivity contribution < 1.29 is 8.42 Å². The molecular weight excluding hydrogens is 346 g/mol. The Balaban J connectivity index is 1.55. The second-order valence-electron chi connectivity index (χ2n) is 7.34. The predicted molar refractivity (Wildman–Crippen MR) is 103 cm³/mol. The minimum atomic E-state index is -3.49. The summed E-state index contributed by atoms with van der Waals surface area (Å²) in [5.41, 5.74) is 2.03. The van der Waals surface area contributed by atoms with Crippen LogP contribution in [0.2, 0.25) is 0 Å². The molecule has 4 rings (SSSR count). The number of rotatable bonds is 5. The van der Waals surface area contributed by atoms with Crippen LogP contribution in [0.25, 0.3) is 0 Å². The van der Waals surface area contributed by atoms with Gasteiger partial charge in [-0.3, -0.25) is 0 Å². The lowest BCUT2D eigenvalue weighted by atomic mass is 9.93. The lowest BCUT2D eigenvalue weighted by Crippen LogP contribution is -2.31. The van der Waals surface area contributed by atoms with Gasteiger partial charge in [-0.05, 0) is 62.8 Å². The maximum Gasteiger partial charge on any atom is 0.243 e. The summed E-state index contributed by atoms with van der Waals surface area (Å²) in [6, 6.07) is 11.5. The molecule has 2 heterocycles. The number of aryl methyl sites for hydroxylation is 1. The van der Waals surface area contributed by atoms with E-state index in [4.69, 9.17) is 0 Å². The van der Waals surface area contributed by atoms with Crippen LogP contribution in [0.4, 0.5) is 5.82 Å². The summed E-state index contributed by atoms with van der Waals surface area (Å²) in [7, 11) is -3.49. The Kier molecular flexibility index (Phi) is 4.71. The molecule has 2 fully saturated rings. The fourth-order valence-electron chi connectivity index (χ4n) is 3.66. The van der Waals surface area contributed by atoms with Gasteiger partial charge in [-0.15, -0.1) is 0 Å². The highest BCUT2D eigenvalue weighted by atomic mass is 32.2. The summed E-state index contributed by atoms with van der Waals surface area (Å²) in [4.78, 5) is 4.88. The first-order valence-electron chi connectivity index (χ1n) is 9.35. The van der Waals surface area contributed by atoms with Gasteiger partial charge < -0.3 is 5.32 Å². The highest BCUT2D eigenvalue weighted by Gasteiger charge is 2.36. The second kappa shape index (κ2) is 7.00. The van der Waals surface area contributed by atoms with Crippen molar-refractivity contribution in [3.05, 3.63) is 53.7 Å². The smallest absolute Gasteiger partial charge is 0.243 e. The van der Waals surface area contributed by atoms with Gasteiger partial charge in [0, 0.05) is 18.8 Å². The Bertz CT molecular complexity index is 859. The summed E-state index contributed by atoms with van der Waals surface area (Å²) >= 11 is 0. The van der Waals surface area contributed by atoms with Crippen molar-refractivity contribution in [2.45, 2.75) is 56.0 Å². The monoisotopic (exact) mass is 371 g/mol. The normalized spacial score (nSPS) is 21.5. The summed E-state index contributed by atoms with van der Waals surface area (Å²) in [6.45, 7) is 2.52. The van der Waals surface area contributed by atoms with E-state index in [1.807, 2.05) is 37.4 Å². The van der Waals surface area contributed by atoms with Gasteiger partial charge in [0.1, 0.15) is 5.82 Å². The molecule has 1 N–H and O–H groups in total. The zero-order valence-electron chi connectivity index (χ0n) is 15.1. The molecule has 0 spiro atoms. The molecule has 6 heteroatoms. The summed E-state index contributed by atoms with van der Waals surface area (Å²) < 4.78 is 27.8. The molecule has 1 saturated carbocycles. The Hall–Kier alpha value is -1.92. The maximum atomic E-state index is 13.1. The molecular formula is C20H25N3O2S. The summed E-state index contributed by atoms with van der Waals surface area (Å²) in [6.07, 6.45) is 7.22. The molecule has 1 aliphatic carbocycles. The van der Waals surface area contributed by atoms with E-state index in [9.17, 15) is 8.42 Å². The minimum absolute atomic E-state index is 0.133. The molecule has 1 aliphatic heterocycles. The van der Waals surface area contributed by atoms with Crippen LogP contribution in [0.1, 0.15) is 49.3 Å². The third kappa shape index (κ3) is 3.35. The number of hydrogen-bond donors (Lipinski definition) is 1. The highest BCUT2D eigenvalue weighted by molar-refractivity contribution is 7.89. The average molecular weight is 372 g/mol. The largest absolute Gasteiger partial charge is 0.367 e. The number of anilines is 1. The van der Waals surface area contributed by atoms with Crippen molar-refractivity contribution in [2.75, 3.05) is 11.9 Å². The molecule has 26 heavy (non-hydrogen) atoms. The zero-order valence-corrected chi connectivity index (χ0v) is 15.9. The molecule has 0 amide bonds. The third-order valence-electron chi connectivity index (χ3n) is 5.46. The fourth-order valence-corrected chi connectivity index (χ4v) is 5.34. The van der Waals surface area contributed by atoms with E-state index < -0.39 is 10.0 Å². The SMILES string of the molecule is Cc1ccc(S(=O)(=O)N2CCC[C@H]2c2ccc(NC3CCC3)nc2)cc1. The van der Waals surface area contributed by atoms with Gasteiger partial charge in [-0.25, -0.2) is 13.4 Å². The van der Waals surface area contributed by atoms with Crippen LogP contribution in [0.5, 0.6) is 0 Å². The minimum Gasteiger partial charge on any atom is -0.367 e. The van der Waals surface area contributed by atoms with E-state index >= 15 is 0 Å². The third-order valence-corrected chi connectivity index (χ3v) is 7.38. The van der Waals surface area contributed by atoms with E-state index in [0.717, 1.165) is 29.8 Å². The van der Waals surface area contributed by atoms with Crippen LogP contribution in [-0.2, 0) is 10.0 Å². The van der Waals surface area contributed by atoms with Gasteiger partial charge >= 0.3 is 0 Å². The van der Waals surface area contributed by atoms with Gasteiger partial charge in [0.05, 0.1) is 10.9 Å². The standard InChI is InChI=1S/C20H25N3O2S/c1-15-7-10-18(11-8-15)26(24,25)23-13-3-6-19(23)16-9-12-20(21-14-16)22-17-4-2-5-17/h7-12,14,17,19H,2-6,13H2,1H3,(H,21,22)/t19-/m0/s1. The first-order valence-corrected chi connectivity index (χ1v) is 10.8. The molecule has 138 valence electrons. The van der Waals surface area contributed by atoms with Crippen molar-refractivity contribution in [1.29, 1.82) is 0 Å². The molecule has 0 unspecified atom stereocenters. The van der Waals surface area contributed by atoms with Gasteiger partial charge in [0.25, 0.3) is 0 Å². The average Bonchev–Trinajstić information content (AvgIpc) is 3.10. The Labute approximate surface area is 155 Å². The van der Waals surface area contributed by atoms with Gasteiger partial charge in [-0.2, -0.15) is 4.31 Å². The molecule has 1 atom stereocenters. The molecule has 5 nitrogen and oxygen atoms in total. The molecule has 1 aromatic carbocycles. The van der Waals surface area contributed by atoms with Crippen molar-refractivity contribution in [1.82, 2.24) is 9.29 Å². The molecule has 0 radical (unpaired) electrons. The number of pyridine rings is 1. The van der Waals surface area contributed by atoms with Crippen LogP contribution in [0.3, 0.4) is 0 Å². The number of sulfonamides is 1. The van der Waals surface area contributed by atoms with Gasteiger partial charge in [0.15, 0.2) is 0 Å².